The van der Waals surface area contributed by atoms with Crippen molar-refractivity contribution in [2.75, 3.05) is 4.72 Å². The number of aromatic nitrogens is 1. The normalized spacial score (nSPS) is 11.2. The number of rotatable bonds is 6. The first kappa shape index (κ1) is 18.4. The fourth-order valence-corrected chi connectivity index (χ4v) is 4.57. The molecule has 1 heterocycles. The average Bonchev–Trinajstić information content (AvgIpc) is 2.60. The number of halogens is 1. The van der Waals surface area contributed by atoms with Crippen molar-refractivity contribution in [1.29, 1.82) is 0 Å². The lowest BCUT2D eigenvalue weighted by Gasteiger charge is -2.12. The summed E-state index contributed by atoms with van der Waals surface area (Å²) < 4.78 is 34.1. The van der Waals surface area contributed by atoms with Gasteiger partial charge in [0.25, 0.3) is 10.0 Å². The monoisotopic (exact) mass is 432 g/mol. The Kier molecular flexibility index (Phi) is 5.58. The molecule has 134 valence electrons. The highest BCUT2D eigenvalue weighted by molar-refractivity contribution is 9.10. The molecule has 7 heteroatoms. The molecule has 0 bridgehead atoms. The fourth-order valence-electron chi connectivity index (χ4n) is 2.32. The van der Waals surface area contributed by atoms with E-state index >= 15 is 0 Å². The van der Waals surface area contributed by atoms with Crippen LogP contribution >= 0.6 is 15.9 Å². The molecule has 3 rings (SSSR count). The van der Waals surface area contributed by atoms with Crippen LogP contribution in [0.25, 0.3) is 0 Å². The molecule has 0 aliphatic rings. The Morgan fingerprint density at radius 1 is 1.08 bits per heavy atom. The Balaban J connectivity index is 1.75. The summed E-state index contributed by atoms with van der Waals surface area (Å²) in [7, 11) is -3.71. The summed E-state index contributed by atoms with van der Waals surface area (Å²) >= 11 is 3.31. The predicted octanol–water partition coefficient (Wildman–Crippen LogP) is 4.53. The second kappa shape index (κ2) is 7.88. The molecule has 0 spiro atoms. The average molecular weight is 433 g/mol. The molecule has 0 atom stereocenters. The predicted molar refractivity (Wildman–Crippen MR) is 105 cm³/mol. The van der Waals surface area contributed by atoms with Crippen molar-refractivity contribution >= 4 is 31.6 Å². The summed E-state index contributed by atoms with van der Waals surface area (Å²) in [6.07, 6.45) is 1.70. The minimum absolute atomic E-state index is 0.183. The molecule has 0 fully saturated rings. The van der Waals surface area contributed by atoms with Crippen LogP contribution in [0, 0.1) is 6.92 Å². The molecule has 0 radical (unpaired) electrons. The van der Waals surface area contributed by atoms with Crippen LogP contribution in [0.1, 0.15) is 11.3 Å². The van der Waals surface area contributed by atoms with Gasteiger partial charge in [-0.2, -0.15) is 0 Å². The maximum atomic E-state index is 12.6. The lowest BCUT2D eigenvalue weighted by atomic mass is 10.2. The standard InChI is InChI=1S/C19H17BrN2O3S/c1-14-8-9-19(18(20)11-14)26(23,24)22-15-6-4-7-17(12-15)25-13-16-5-2-3-10-21-16/h2-12,22H,13H2,1H3. The summed E-state index contributed by atoms with van der Waals surface area (Å²) in [5.41, 5.74) is 2.19. The van der Waals surface area contributed by atoms with Crippen LogP contribution in [-0.2, 0) is 16.6 Å². The second-order valence-corrected chi connectivity index (χ2v) is 8.18. The lowest BCUT2D eigenvalue weighted by molar-refractivity contribution is 0.301. The van der Waals surface area contributed by atoms with E-state index in [9.17, 15) is 8.42 Å². The molecule has 1 aromatic heterocycles. The number of sulfonamides is 1. The summed E-state index contributed by atoms with van der Waals surface area (Å²) in [5.74, 6) is 0.554. The van der Waals surface area contributed by atoms with Gasteiger partial charge in [-0.3, -0.25) is 9.71 Å². The first-order chi connectivity index (χ1) is 12.4. The SMILES string of the molecule is Cc1ccc(S(=O)(=O)Nc2cccc(OCc3ccccn3)c2)c(Br)c1. The number of hydrogen-bond acceptors (Lipinski definition) is 4. The Hall–Kier alpha value is -2.38. The van der Waals surface area contributed by atoms with Gasteiger partial charge in [-0.05, 0) is 64.8 Å². The van der Waals surface area contributed by atoms with E-state index in [-0.39, 0.29) is 4.90 Å². The Morgan fingerprint density at radius 2 is 1.92 bits per heavy atom. The van der Waals surface area contributed by atoms with E-state index in [1.807, 2.05) is 25.1 Å². The highest BCUT2D eigenvalue weighted by atomic mass is 79.9. The van der Waals surface area contributed by atoms with Crippen LogP contribution in [0.3, 0.4) is 0 Å². The Labute approximate surface area is 161 Å². The van der Waals surface area contributed by atoms with E-state index in [0.29, 0.717) is 22.5 Å². The highest BCUT2D eigenvalue weighted by Gasteiger charge is 2.18. The van der Waals surface area contributed by atoms with E-state index in [4.69, 9.17) is 4.74 Å². The molecule has 0 unspecified atom stereocenters. The smallest absolute Gasteiger partial charge is 0.263 e. The number of nitrogens with one attached hydrogen (secondary N) is 1. The Morgan fingerprint density at radius 3 is 2.65 bits per heavy atom. The number of pyridine rings is 1. The van der Waals surface area contributed by atoms with Crippen molar-refractivity contribution in [1.82, 2.24) is 4.98 Å². The maximum absolute atomic E-state index is 12.6. The molecule has 0 saturated carbocycles. The minimum Gasteiger partial charge on any atom is -0.487 e. The topological polar surface area (TPSA) is 68.3 Å². The van der Waals surface area contributed by atoms with Crippen LogP contribution in [0.2, 0.25) is 0 Å². The summed E-state index contributed by atoms with van der Waals surface area (Å²) in [6.45, 7) is 2.21. The largest absolute Gasteiger partial charge is 0.487 e. The van der Waals surface area contributed by atoms with E-state index in [2.05, 4.69) is 25.6 Å². The third kappa shape index (κ3) is 4.62. The van der Waals surface area contributed by atoms with Gasteiger partial charge in [0.1, 0.15) is 17.3 Å². The second-order valence-electron chi connectivity index (χ2n) is 5.68. The highest BCUT2D eigenvalue weighted by Crippen LogP contribution is 2.26. The third-order valence-electron chi connectivity index (χ3n) is 3.58. The first-order valence-corrected chi connectivity index (χ1v) is 10.1. The third-order valence-corrected chi connectivity index (χ3v) is 5.93. The van der Waals surface area contributed by atoms with Crippen molar-refractivity contribution in [3.8, 4) is 5.75 Å². The molecule has 0 amide bonds. The van der Waals surface area contributed by atoms with Crippen molar-refractivity contribution in [2.24, 2.45) is 0 Å². The number of benzene rings is 2. The van der Waals surface area contributed by atoms with Crippen molar-refractivity contribution in [3.05, 3.63) is 82.6 Å². The van der Waals surface area contributed by atoms with Crippen LogP contribution in [0.4, 0.5) is 5.69 Å². The number of anilines is 1. The number of aryl methyl sites for hydroxylation is 1. The summed E-state index contributed by atoms with van der Waals surface area (Å²) in [4.78, 5) is 4.37. The minimum atomic E-state index is -3.71. The van der Waals surface area contributed by atoms with Gasteiger partial charge in [0.15, 0.2) is 0 Å². The van der Waals surface area contributed by atoms with Crippen molar-refractivity contribution in [2.45, 2.75) is 18.4 Å². The van der Waals surface area contributed by atoms with Crippen LogP contribution in [0.5, 0.6) is 5.75 Å². The molecular formula is C19H17BrN2O3S. The molecule has 1 N–H and O–H groups in total. The molecule has 5 nitrogen and oxygen atoms in total. The van der Waals surface area contributed by atoms with Gasteiger partial charge >= 0.3 is 0 Å². The van der Waals surface area contributed by atoms with Crippen LogP contribution in [0.15, 0.2) is 76.2 Å². The number of nitrogens with zero attached hydrogens (tertiary/aromatic N) is 1. The zero-order chi connectivity index (χ0) is 18.6. The molecule has 0 aliphatic heterocycles. The van der Waals surface area contributed by atoms with Crippen molar-refractivity contribution in [3.63, 3.8) is 0 Å². The van der Waals surface area contributed by atoms with Gasteiger partial charge in [0.05, 0.1) is 11.4 Å². The quantitative estimate of drug-likeness (QED) is 0.620. The van der Waals surface area contributed by atoms with Gasteiger partial charge in [0, 0.05) is 16.7 Å². The van der Waals surface area contributed by atoms with Gasteiger partial charge in [-0.25, -0.2) is 8.42 Å². The van der Waals surface area contributed by atoms with E-state index in [0.717, 1.165) is 11.3 Å². The molecule has 3 aromatic rings. The van der Waals surface area contributed by atoms with E-state index < -0.39 is 10.0 Å². The number of hydrogen-bond donors (Lipinski definition) is 1. The van der Waals surface area contributed by atoms with Gasteiger partial charge in [-0.1, -0.05) is 18.2 Å². The zero-order valence-corrected chi connectivity index (χ0v) is 16.4. The van der Waals surface area contributed by atoms with Gasteiger partial charge in [0.2, 0.25) is 0 Å². The molecule has 26 heavy (non-hydrogen) atoms. The molecule has 2 aromatic carbocycles. The van der Waals surface area contributed by atoms with E-state index in [1.54, 1.807) is 48.7 Å². The van der Waals surface area contributed by atoms with Gasteiger partial charge < -0.3 is 4.74 Å². The number of ether oxygens (including phenoxy) is 1. The first-order valence-electron chi connectivity index (χ1n) is 7.86. The molecule has 0 aliphatic carbocycles. The van der Waals surface area contributed by atoms with E-state index in [1.165, 1.54) is 0 Å². The van der Waals surface area contributed by atoms with Gasteiger partial charge in [-0.15, -0.1) is 0 Å². The maximum Gasteiger partial charge on any atom is 0.263 e. The Bertz CT molecular complexity index is 1010. The zero-order valence-electron chi connectivity index (χ0n) is 14.0. The summed E-state index contributed by atoms with van der Waals surface area (Å²) in [6, 6.07) is 17.5. The fraction of sp³-hybridized carbons (Fsp3) is 0.105. The molecule has 0 saturated heterocycles. The van der Waals surface area contributed by atoms with Crippen molar-refractivity contribution < 1.29 is 13.2 Å². The molecular weight excluding hydrogens is 416 g/mol. The van der Waals surface area contributed by atoms with Crippen LogP contribution in [-0.4, -0.2) is 13.4 Å². The summed E-state index contributed by atoms with van der Waals surface area (Å²) in [5, 5.41) is 0. The van der Waals surface area contributed by atoms with Crippen LogP contribution < -0.4 is 9.46 Å². The lowest BCUT2D eigenvalue weighted by Crippen LogP contribution is -2.13.